The number of hydrogen-bond donors (Lipinski definition) is 1. The van der Waals surface area contributed by atoms with Gasteiger partial charge < -0.3 is 14.7 Å². The Morgan fingerprint density at radius 2 is 2.30 bits per heavy atom. The Morgan fingerprint density at radius 3 is 2.96 bits per heavy atom. The molecular formula is C17H20N4O2. The predicted octanol–water partition coefficient (Wildman–Crippen LogP) is 1.97. The van der Waals surface area contributed by atoms with Crippen LogP contribution in [0, 0.1) is 6.92 Å². The van der Waals surface area contributed by atoms with Crippen molar-refractivity contribution in [3.8, 4) is 0 Å². The number of rotatable bonds is 5. The lowest BCUT2D eigenvalue weighted by atomic mass is 10.0. The fourth-order valence-corrected chi connectivity index (χ4v) is 3.40. The molecule has 1 saturated carbocycles. The molecule has 6 heteroatoms. The molecule has 0 unspecified atom stereocenters. The third kappa shape index (κ3) is 2.86. The number of carbonyl (C=O) groups excluding carboxylic acids is 1. The predicted molar refractivity (Wildman–Crippen MR) is 83.3 cm³/mol. The molecule has 4 rings (SSSR count). The van der Waals surface area contributed by atoms with Crippen LogP contribution in [0.25, 0.3) is 0 Å². The minimum atomic E-state index is 0.0525. The summed E-state index contributed by atoms with van der Waals surface area (Å²) in [6.07, 6.45) is 6.37. The van der Waals surface area contributed by atoms with Crippen molar-refractivity contribution < 1.29 is 9.32 Å². The van der Waals surface area contributed by atoms with Crippen LogP contribution in [0.5, 0.6) is 0 Å². The first-order valence-corrected chi connectivity index (χ1v) is 8.09. The van der Waals surface area contributed by atoms with Gasteiger partial charge in [0, 0.05) is 43.5 Å². The second-order valence-corrected chi connectivity index (χ2v) is 6.38. The molecule has 120 valence electrons. The lowest BCUT2D eigenvalue weighted by Crippen LogP contribution is -2.37. The second kappa shape index (κ2) is 5.77. The Labute approximate surface area is 134 Å². The van der Waals surface area contributed by atoms with E-state index >= 15 is 0 Å². The van der Waals surface area contributed by atoms with Gasteiger partial charge >= 0.3 is 0 Å². The van der Waals surface area contributed by atoms with Crippen LogP contribution in [0.1, 0.15) is 42.3 Å². The zero-order valence-electron chi connectivity index (χ0n) is 13.1. The van der Waals surface area contributed by atoms with Crippen molar-refractivity contribution in [2.75, 3.05) is 0 Å². The highest BCUT2D eigenvalue weighted by Crippen LogP contribution is 2.41. The SMILES string of the molecule is Cc1cc(CN[C@@H]2CC(=O)N(C3CC3)[C@H]2c2cccnc2)no1. The first-order chi connectivity index (χ1) is 11.2. The van der Waals surface area contributed by atoms with E-state index in [4.69, 9.17) is 4.52 Å². The third-order valence-corrected chi connectivity index (χ3v) is 4.55. The number of amides is 1. The van der Waals surface area contributed by atoms with E-state index in [0.717, 1.165) is 29.9 Å². The van der Waals surface area contributed by atoms with Crippen molar-refractivity contribution in [2.24, 2.45) is 0 Å². The average molecular weight is 312 g/mol. The van der Waals surface area contributed by atoms with Crippen molar-refractivity contribution >= 4 is 5.91 Å². The Kier molecular flexibility index (Phi) is 3.61. The molecule has 2 aliphatic rings. The van der Waals surface area contributed by atoms with Crippen molar-refractivity contribution in [1.82, 2.24) is 20.4 Å². The summed E-state index contributed by atoms with van der Waals surface area (Å²) >= 11 is 0. The average Bonchev–Trinajstić information content (AvgIpc) is 3.22. The lowest BCUT2D eigenvalue weighted by Gasteiger charge is -2.28. The third-order valence-electron chi connectivity index (χ3n) is 4.55. The van der Waals surface area contributed by atoms with Crippen LogP contribution in [0.15, 0.2) is 35.1 Å². The van der Waals surface area contributed by atoms with Crippen LogP contribution in [0.4, 0.5) is 0 Å². The number of aryl methyl sites for hydroxylation is 1. The van der Waals surface area contributed by atoms with Gasteiger partial charge in [0.1, 0.15) is 5.76 Å². The van der Waals surface area contributed by atoms with Crippen LogP contribution in [-0.4, -0.2) is 33.0 Å². The van der Waals surface area contributed by atoms with Gasteiger partial charge in [0.05, 0.1) is 11.7 Å². The molecule has 1 saturated heterocycles. The van der Waals surface area contributed by atoms with Crippen LogP contribution >= 0.6 is 0 Å². The number of hydrogen-bond acceptors (Lipinski definition) is 5. The van der Waals surface area contributed by atoms with Gasteiger partial charge in [-0.25, -0.2) is 0 Å². The molecule has 1 amide bonds. The number of pyridine rings is 1. The summed E-state index contributed by atoms with van der Waals surface area (Å²) in [5.74, 6) is 1.03. The van der Waals surface area contributed by atoms with Gasteiger partial charge in [-0.15, -0.1) is 0 Å². The monoisotopic (exact) mass is 312 g/mol. The van der Waals surface area contributed by atoms with E-state index in [1.807, 2.05) is 25.3 Å². The molecule has 1 N–H and O–H groups in total. The molecule has 6 nitrogen and oxygen atoms in total. The van der Waals surface area contributed by atoms with Gasteiger partial charge in [-0.3, -0.25) is 9.78 Å². The van der Waals surface area contributed by atoms with Crippen LogP contribution in [0.2, 0.25) is 0 Å². The summed E-state index contributed by atoms with van der Waals surface area (Å²) < 4.78 is 5.10. The van der Waals surface area contributed by atoms with Crippen molar-refractivity contribution in [3.05, 3.63) is 47.6 Å². The van der Waals surface area contributed by atoms with E-state index in [9.17, 15) is 4.79 Å². The second-order valence-electron chi connectivity index (χ2n) is 6.38. The Hall–Kier alpha value is -2.21. The highest BCUT2D eigenvalue weighted by molar-refractivity contribution is 5.81. The molecule has 0 aromatic carbocycles. The molecular weight excluding hydrogens is 292 g/mol. The molecule has 3 heterocycles. The Morgan fingerprint density at radius 1 is 1.43 bits per heavy atom. The summed E-state index contributed by atoms with van der Waals surface area (Å²) in [5, 5.41) is 7.50. The maximum Gasteiger partial charge on any atom is 0.225 e. The van der Waals surface area contributed by atoms with Crippen LogP contribution in [0.3, 0.4) is 0 Å². The number of carbonyl (C=O) groups is 1. The minimum absolute atomic E-state index is 0.0525. The van der Waals surface area contributed by atoms with Crippen LogP contribution in [-0.2, 0) is 11.3 Å². The summed E-state index contributed by atoms with van der Waals surface area (Å²) in [6.45, 7) is 2.48. The topological polar surface area (TPSA) is 71.3 Å². The van der Waals surface area contributed by atoms with E-state index < -0.39 is 0 Å². The molecule has 1 aliphatic heterocycles. The van der Waals surface area contributed by atoms with Crippen molar-refractivity contribution in [3.63, 3.8) is 0 Å². The Bertz CT molecular complexity index is 696. The van der Waals surface area contributed by atoms with Crippen molar-refractivity contribution in [1.29, 1.82) is 0 Å². The van der Waals surface area contributed by atoms with E-state index in [1.54, 1.807) is 6.20 Å². The summed E-state index contributed by atoms with van der Waals surface area (Å²) in [6, 6.07) is 6.43. The van der Waals surface area contributed by atoms with Gasteiger partial charge in [-0.05, 0) is 31.4 Å². The summed E-state index contributed by atoms with van der Waals surface area (Å²) in [7, 11) is 0. The molecule has 23 heavy (non-hydrogen) atoms. The van der Waals surface area contributed by atoms with Gasteiger partial charge in [0.2, 0.25) is 5.91 Å². The molecule has 2 fully saturated rings. The zero-order chi connectivity index (χ0) is 15.8. The zero-order valence-corrected chi connectivity index (χ0v) is 13.1. The largest absolute Gasteiger partial charge is 0.361 e. The smallest absolute Gasteiger partial charge is 0.225 e. The molecule has 0 bridgehead atoms. The molecule has 2 atom stereocenters. The van der Waals surface area contributed by atoms with Gasteiger partial charge in [-0.2, -0.15) is 0 Å². The van der Waals surface area contributed by atoms with Gasteiger partial charge in [0.25, 0.3) is 0 Å². The fraction of sp³-hybridized carbons (Fsp3) is 0.471. The standard InChI is InChI=1S/C17H20N4O2/c1-11-7-13(20-23-11)10-19-15-8-16(22)21(14-4-5-14)17(15)12-3-2-6-18-9-12/h2-3,6-7,9,14-15,17,19H,4-5,8,10H2,1H3/t15-,17+/m1/s1. The molecule has 0 radical (unpaired) electrons. The molecule has 0 spiro atoms. The highest BCUT2D eigenvalue weighted by atomic mass is 16.5. The maximum atomic E-state index is 12.5. The summed E-state index contributed by atoms with van der Waals surface area (Å²) in [4.78, 5) is 18.8. The van der Waals surface area contributed by atoms with E-state index in [-0.39, 0.29) is 18.0 Å². The maximum absolute atomic E-state index is 12.5. The lowest BCUT2D eigenvalue weighted by molar-refractivity contribution is -0.129. The van der Waals surface area contributed by atoms with E-state index in [0.29, 0.717) is 19.0 Å². The van der Waals surface area contributed by atoms with Gasteiger partial charge in [0.15, 0.2) is 0 Å². The number of likely N-dealkylation sites (tertiary alicyclic amines) is 1. The normalized spacial score (nSPS) is 24.4. The highest BCUT2D eigenvalue weighted by Gasteiger charge is 2.47. The van der Waals surface area contributed by atoms with Gasteiger partial charge in [-0.1, -0.05) is 11.2 Å². The number of aromatic nitrogens is 2. The fourth-order valence-electron chi connectivity index (χ4n) is 3.40. The van der Waals surface area contributed by atoms with Crippen molar-refractivity contribution in [2.45, 2.75) is 50.9 Å². The molecule has 2 aromatic heterocycles. The minimum Gasteiger partial charge on any atom is -0.361 e. The van der Waals surface area contributed by atoms with Crippen LogP contribution < -0.4 is 5.32 Å². The number of nitrogens with zero attached hydrogens (tertiary/aromatic N) is 3. The number of nitrogens with one attached hydrogen (secondary N) is 1. The quantitative estimate of drug-likeness (QED) is 0.914. The first kappa shape index (κ1) is 14.4. The molecule has 2 aromatic rings. The summed E-state index contributed by atoms with van der Waals surface area (Å²) in [5.41, 5.74) is 1.96. The van der Waals surface area contributed by atoms with E-state index in [2.05, 4.69) is 26.4 Å². The first-order valence-electron chi connectivity index (χ1n) is 8.09. The van der Waals surface area contributed by atoms with E-state index in [1.165, 1.54) is 0 Å². The Balaban J connectivity index is 1.55. The molecule has 1 aliphatic carbocycles.